The topological polar surface area (TPSA) is 157 Å². The first kappa shape index (κ1) is 30.4. The van der Waals surface area contributed by atoms with Crippen LogP contribution in [-0.4, -0.2) is 58.2 Å². The summed E-state index contributed by atoms with van der Waals surface area (Å²) < 4.78 is 14.6. The Morgan fingerprint density at radius 1 is 0.936 bits per heavy atom. The number of nitrogens with zero attached hydrogens (tertiary/aromatic N) is 6. The quantitative estimate of drug-likeness (QED) is 0.173. The number of amides is 1. The van der Waals surface area contributed by atoms with Crippen LogP contribution in [0.4, 0.5) is 5.69 Å². The number of phenolic OH excluding ortho intramolecular Hbond substituents is 1. The molecule has 1 aliphatic heterocycles. The van der Waals surface area contributed by atoms with Gasteiger partial charge in [0.2, 0.25) is 5.16 Å². The first-order chi connectivity index (χ1) is 23.0. The van der Waals surface area contributed by atoms with E-state index in [9.17, 15) is 15.0 Å². The van der Waals surface area contributed by atoms with Crippen LogP contribution < -0.4 is 5.32 Å². The minimum atomic E-state index is -0.734. The van der Waals surface area contributed by atoms with Gasteiger partial charge in [-0.05, 0) is 70.1 Å². The lowest BCUT2D eigenvalue weighted by molar-refractivity contribution is -0.245. The first-order valence-corrected chi connectivity index (χ1v) is 15.9. The number of carbonyl (C=O) groups is 1. The van der Waals surface area contributed by atoms with Crippen molar-refractivity contribution in [3.63, 3.8) is 0 Å². The zero-order valence-electron chi connectivity index (χ0n) is 24.9. The number of aliphatic hydroxyl groups excluding tert-OH is 1. The molecule has 4 aromatic carbocycles. The maximum absolute atomic E-state index is 13.1. The number of nitrogens with one attached hydrogen (secondary N) is 1. The van der Waals surface area contributed by atoms with E-state index in [-0.39, 0.29) is 36.2 Å². The second-order valence-corrected chi connectivity index (χ2v) is 11.9. The summed E-state index contributed by atoms with van der Waals surface area (Å²) in [6, 6.07) is 29.0. The van der Waals surface area contributed by atoms with Gasteiger partial charge in [0.25, 0.3) is 5.91 Å². The fourth-order valence-corrected chi connectivity index (χ4v) is 6.15. The van der Waals surface area contributed by atoms with Gasteiger partial charge in [-0.25, -0.2) is 4.98 Å². The molecule has 0 radical (unpaired) electrons. The van der Waals surface area contributed by atoms with Gasteiger partial charge in [-0.2, -0.15) is 4.68 Å². The summed E-state index contributed by atoms with van der Waals surface area (Å²) in [5, 5.41) is 34.9. The molecular formula is C34H29N7O5S. The van der Waals surface area contributed by atoms with Gasteiger partial charge < -0.3 is 25.0 Å². The number of anilines is 1. The molecule has 2 aromatic heterocycles. The third kappa shape index (κ3) is 6.98. The number of phenols is 1. The van der Waals surface area contributed by atoms with Crippen LogP contribution in [0.2, 0.25) is 0 Å². The molecule has 6 aromatic rings. The molecule has 1 saturated heterocycles. The number of hydrogen-bond donors (Lipinski definition) is 3. The van der Waals surface area contributed by atoms with Gasteiger partial charge in [0.15, 0.2) is 6.29 Å². The van der Waals surface area contributed by atoms with Gasteiger partial charge in [-0.1, -0.05) is 60.3 Å². The number of aromatic hydroxyl groups is 1. The lowest BCUT2D eigenvalue weighted by atomic mass is 10.0. The third-order valence-electron chi connectivity index (χ3n) is 7.65. The number of thioether (sulfide) groups is 1. The molecule has 0 spiro atoms. The van der Waals surface area contributed by atoms with Crippen LogP contribution in [0.3, 0.4) is 0 Å². The Morgan fingerprint density at radius 2 is 1.74 bits per heavy atom. The van der Waals surface area contributed by atoms with Gasteiger partial charge in [0.1, 0.15) is 11.4 Å². The predicted octanol–water partition coefficient (Wildman–Crippen LogP) is 5.39. The molecule has 3 N–H and O–H groups in total. The lowest BCUT2D eigenvalue weighted by Gasteiger charge is -2.36. The standard InChI is InChI=1S/C34H29N7O5S/c42-19-21-8-10-22(11-9-21)31-17-27(20-47-34-38-39-40-41(34)25-12-14-26(43)15-13-25)45-33(46-31)23-4-3-5-24(16-23)36-32(44)30-18-35-28-6-1-2-7-29(28)37-30/h1-16,18,27,31,33,42-43H,17,19-20H2,(H,36,44). The summed E-state index contributed by atoms with van der Waals surface area (Å²) in [6.07, 6.45) is 0.743. The Hall–Kier alpha value is -5.21. The Labute approximate surface area is 273 Å². The van der Waals surface area contributed by atoms with Crippen molar-refractivity contribution < 1.29 is 24.5 Å². The number of ether oxygens (including phenoxy) is 2. The van der Waals surface area contributed by atoms with Crippen molar-refractivity contribution in [3.05, 3.63) is 126 Å². The predicted molar refractivity (Wildman–Crippen MR) is 174 cm³/mol. The Bertz CT molecular complexity index is 2010. The van der Waals surface area contributed by atoms with Crippen molar-refractivity contribution >= 4 is 34.4 Å². The third-order valence-corrected chi connectivity index (χ3v) is 8.70. The van der Waals surface area contributed by atoms with Crippen LogP contribution in [0, 0.1) is 0 Å². The minimum absolute atomic E-state index is 0.0458. The number of fused-ring (bicyclic) bond motifs is 1. The highest BCUT2D eigenvalue weighted by Crippen LogP contribution is 2.40. The van der Waals surface area contributed by atoms with E-state index in [0.717, 1.165) is 22.4 Å². The smallest absolute Gasteiger partial charge is 0.275 e. The van der Waals surface area contributed by atoms with Crippen molar-refractivity contribution in [2.24, 2.45) is 0 Å². The van der Waals surface area contributed by atoms with Crippen molar-refractivity contribution in [2.75, 3.05) is 11.1 Å². The fourth-order valence-electron chi connectivity index (χ4n) is 5.24. The average molecular weight is 648 g/mol. The minimum Gasteiger partial charge on any atom is -0.508 e. The molecule has 3 heterocycles. The van der Waals surface area contributed by atoms with E-state index in [1.807, 2.05) is 66.7 Å². The summed E-state index contributed by atoms with van der Waals surface area (Å²) in [6.45, 7) is -0.0458. The number of benzene rings is 4. The van der Waals surface area contributed by atoms with E-state index in [1.165, 1.54) is 18.0 Å². The van der Waals surface area contributed by atoms with Crippen LogP contribution >= 0.6 is 11.8 Å². The number of aliphatic hydroxyl groups is 1. The average Bonchev–Trinajstić information content (AvgIpc) is 3.59. The molecule has 7 rings (SSSR count). The summed E-state index contributed by atoms with van der Waals surface area (Å²) in [7, 11) is 0. The molecule has 0 aliphatic carbocycles. The van der Waals surface area contributed by atoms with Crippen LogP contribution in [-0.2, 0) is 16.1 Å². The molecule has 13 heteroatoms. The van der Waals surface area contributed by atoms with Crippen molar-refractivity contribution in [3.8, 4) is 11.4 Å². The summed E-state index contributed by atoms with van der Waals surface area (Å²) in [5.41, 5.74) is 5.33. The number of carbonyl (C=O) groups excluding carboxylic acids is 1. The number of para-hydroxylation sites is 2. The van der Waals surface area contributed by atoms with Crippen molar-refractivity contribution in [1.29, 1.82) is 0 Å². The highest BCUT2D eigenvalue weighted by atomic mass is 32.2. The molecule has 236 valence electrons. The Balaban J connectivity index is 1.10. The van der Waals surface area contributed by atoms with Crippen LogP contribution in [0.15, 0.2) is 108 Å². The molecule has 1 aliphatic rings. The summed E-state index contributed by atoms with van der Waals surface area (Å²) in [5.74, 6) is 0.302. The normalized spacial score (nSPS) is 17.9. The second-order valence-electron chi connectivity index (χ2n) is 10.9. The van der Waals surface area contributed by atoms with Crippen molar-refractivity contribution in [2.45, 2.75) is 36.7 Å². The molecule has 0 saturated carbocycles. The molecule has 3 unspecified atom stereocenters. The Kier molecular flexibility index (Phi) is 8.84. The van der Waals surface area contributed by atoms with Gasteiger partial charge in [0, 0.05) is 23.4 Å². The van der Waals surface area contributed by atoms with Gasteiger partial charge in [0.05, 0.1) is 41.7 Å². The SMILES string of the molecule is O=C(Nc1cccc(C2OC(CSc3nnnn3-c3ccc(O)cc3)CC(c3ccc(CO)cc3)O2)c1)c1cnc2ccccc2n1. The van der Waals surface area contributed by atoms with Crippen LogP contribution in [0.25, 0.3) is 16.7 Å². The van der Waals surface area contributed by atoms with Crippen LogP contribution in [0.5, 0.6) is 5.75 Å². The first-order valence-electron chi connectivity index (χ1n) is 14.9. The largest absolute Gasteiger partial charge is 0.508 e. The van der Waals surface area contributed by atoms with E-state index >= 15 is 0 Å². The highest BCUT2D eigenvalue weighted by molar-refractivity contribution is 7.99. The second kappa shape index (κ2) is 13.6. The molecule has 1 amide bonds. The number of hydrogen-bond acceptors (Lipinski definition) is 11. The van der Waals surface area contributed by atoms with Gasteiger partial charge in [-0.3, -0.25) is 9.78 Å². The molecule has 1 fully saturated rings. The summed E-state index contributed by atoms with van der Waals surface area (Å²) >= 11 is 1.45. The Morgan fingerprint density at radius 3 is 2.55 bits per heavy atom. The lowest BCUT2D eigenvalue weighted by Crippen LogP contribution is -2.31. The maximum Gasteiger partial charge on any atom is 0.275 e. The number of rotatable bonds is 9. The molecule has 0 bridgehead atoms. The molecule has 47 heavy (non-hydrogen) atoms. The zero-order valence-corrected chi connectivity index (χ0v) is 25.7. The van der Waals surface area contributed by atoms with Gasteiger partial charge >= 0.3 is 0 Å². The monoisotopic (exact) mass is 647 g/mol. The number of tetrazole rings is 1. The molecular weight excluding hydrogens is 618 g/mol. The van der Waals surface area contributed by atoms with Crippen LogP contribution in [0.1, 0.15) is 46.0 Å². The number of aromatic nitrogens is 6. The molecule has 12 nitrogen and oxygen atoms in total. The highest BCUT2D eigenvalue weighted by Gasteiger charge is 2.33. The van der Waals surface area contributed by atoms with E-state index in [0.29, 0.717) is 34.1 Å². The van der Waals surface area contributed by atoms with E-state index < -0.39 is 6.29 Å². The molecule has 3 atom stereocenters. The maximum atomic E-state index is 13.1. The van der Waals surface area contributed by atoms with Gasteiger partial charge in [-0.15, -0.1) is 5.10 Å². The van der Waals surface area contributed by atoms with Crippen molar-refractivity contribution in [1.82, 2.24) is 30.2 Å². The van der Waals surface area contributed by atoms with E-state index in [4.69, 9.17) is 9.47 Å². The van der Waals surface area contributed by atoms with E-state index in [1.54, 1.807) is 35.0 Å². The fraction of sp³-hybridized carbons (Fsp3) is 0.176. The summed E-state index contributed by atoms with van der Waals surface area (Å²) in [4.78, 5) is 21.9. The zero-order chi connectivity index (χ0) is 32.2. The van der Waals surface area contributed by atoms with E-state index in [2.05, 4.69) is 30.8 Å².